The number of rotatable bonds is 3. The van der Waals surface area contributed by atoms with Gasteiger partial charge in [0.15, 0.2) is 11.5 Å². The van der Waals surface area contributed by atoms with Gasteiger partial charge < -0.3 is 9.84 Å². The number of carbonyl (C=O) groups excluding carboxylic acids is 1. The first-order valence-corrected chi connectivity index (χ1v) is 7.57. The summed E-state index contributed by atoms with van der Waals surface area (Å²) in [5.74, 6) is -0.123. The van der Waals surface area contributed by atoms with Crippen LogP contribution in [0.2, 0.25) is 0 Å². The van der Waals surface area contributed by atoms with Crippen molar-refractivity contribution in [3.63, 3.8) is 0 Å². The molecule has 6 heteroatoms. The highest BCUT2D eigenvalue weighted by Crippen LogP contribution is 2.28. The first-order valence-electron chi connectivity index (χ1n) is 6.09. The smallest absolute Gasteiger partial charge is 0.281 e. The number of ether oxygens (including phenoxy) is 1. The summed E-state index contributed by atoms with van der Waals surface area (Å²) in [6, 6.07) is 9.68. The molecule has 5 nitrogen and oxygen atoms in total. The molecule has 0 radical (unpaired) electrons. The Morgan fingerprint density at radius 1 is 1.10 bits per heavy atom. The largest absolute Gasteiger partial charge is 0.504 e. The van der Waals surface area contributed by atoms with Crippen molar-refractivity contribution in [1.29, 1.82) is 0 Å². The fourth-order valence-electron chi connectivity index (χ4n) is 1.78. The second-order valence-corrected chi connectivity index (χ2v) is 6.34. The van der Waals surface area contributed by atoms with Crippen molar-refractivity contribution in [2.75, 3.05) is 7.11 Å². The SMILES string of the molecule is COc1cc(C(=O)S(=O)(=O)c2ccc(C)cc2)ccc1O. The molecule has 0 heterocycles. The lowest BCUT2D eigenvalue weighted by Gasteiger charge is -2.07. The number of phenolic OH excluding ortho intramolecular Hbond substituents is 1. The first kappa shape index (κ1) is 15.1. The fourth-order valence-corrected chi connectivity index (χ4v) is 2.93. The maximum atomic E-state index is 12.3. The molecule has 0 aliphatic heterocycles. The van der Waals surface area contributed by atoms with E-state index in [1.165, 1.54) is 37.4 Å². The van der Waals surface area contributed by atoms with E-state index in [-0.39, 0.29) is 22.0 Å². The minimum absolute atomic E-state index is 0.0416. The molecule has 0 unspecified atom stereocenters. The molecular weight excluding hydrogens is 292 g/mol. The zero-order valence-corrected chi connectivity index (χ0v) is 12.3. The standard InChI is InChI=1S/C15H14O5S/c1-10-3-6-12(7-4-10)21(18,19)15(17)11-5-8-13(16)14(9-11)20-2/h3-9,16H,1-2H3. The van der Waals surface area contributed by atoms with Gasteiger partial charge in [-0.05, 0) is 37.3 Å². The molecular formula is C15H14O5S. The lowest BCUT2D eigenvalue weighted by Crippen LogP contribution is -2.15. The van der Waals surface area contributed by atoms with Gasteiger partial charge in [0.05, 0.1) is 12.0 Å². The van der Waals surface area contributed by atoms with Gasteiger partial charge in [0.2, 0.25) is 9.84 Å². The third-order valence-electron chi connectivity index (χ3n) is 2.99. The predicted molar refractivity (Wildman–Crippen MR) is 77.4 cm³/mol. The summed E-state index contributed by atoms with van der Waals surface area (Å²) < 4.78 is 29.4. The van der Waals surface area contributed by atoms with Crippen molar-refractivity contribution in [2.24, 2.45) is 0 Å². The van der Waals surface area contributed by atoms with E-state index in [1.807, 2.05) is 6.92 Å². The molecule has 0 aliphatic rings. The molecule has 0 amide bonds. The van der Waals surface area contributed by atoms with Crippen molar-refractivity contribution >= 4 is 15.0 Å². The number of sulfone groups is 1. The Hall–Kier alpha value is -2.34. The van der Waals surface area contributed by atoms with Gasteiger partial charge >= 0.3 is 0 Å². The zero-order chi connectivity index (χ0) is 15.6. The molecule has 2 aromatic carbocycles. The lowest BCUT2D eigenvalue weighted by molar-refractivity contribution is 0.107. The maximum absolute atomic E-state index is 12.3. The third-order valence-corrected chi connectivity index (χ3v) is 4.61. The average molecular weight is 306 g/mol. The van der Waals surface area contributed by atoms with E-state index in [9.17, 15) is 18.3 Å². The molecule has 0 bridgehead atoms. The molecule has 110 valence electrons. The van der Waals surface area contributed by atoms with Crippen LogP contribution >= 0.6 is 0 Å². The molecule has 21 heavy (non-hydrogen) atoms. The summed E-state index contributed by atoms with van der Waals surface area (Å²) >= 11 is 0. The van der Waals surface area contributed by atoms with Crippen LogP contribution in [0, 0.1) is 6.92 Å². The Morgan fingerprint density at radius 3 is 2.29 bits per heavy atom. The van der Waals surface area contributed by atoms with E-state index >= 15 is 0 Å². The number of carbonyl (C=O) groups is 1. The molecule has 0 saturated heterocycles. The van der Waals surface area contributed by atoms with Crippen LogP contribution in [-0.4, -0.2) is 25.7 Å². The van der Waals surface area contributed by atoms with Crippen molar-refractivity contribution in [2.45, 2.75) is 11.8 Å². The monoisotopic (exact) mass is 306 g/mol. The topological polar surface area (TPSA) is 80.7 Å². The number of hydrogen-bond donors (Lipinski definition) is 1. The first-order chi connectivity index (χ1) is 9.86. The van der Waals surface area contributed by atoms with E-state index in [0.29, 0.717) is 0 Å². The van der Waals surface area contributed by atoms with Crippen molar-refractivity contribution in [1.82, 2.24) is 0 Å². The molecule has 0 saturated carbocycles. The van der Waals surface area contributed by atoms with Gasteiger partial charge in [-0.25, -0.2) is 8.42 Å². The van der Waals surface area contributed by atoms with Gasteiger partial charge in [-0.15, -0.1) is 0 Å². The summed E-state index contributed by atoms with van der Waals surface area (Å²) in [5, 5.41) is 8.44. The molecule has 0 fully saturated rings. The Bertz CT molecular complexity index is 776. The molecule has 0 aromatic heterocycles. The molecule has 1 N–H and O–H groups in total. The molecule has 0 aliphatic carbocycles. The van der Waals surface area contributed by atoms with E-state index in [0.717, 1.165) is 5.56 Å². The van der Waals surface area contributed by atoms with Gasteiger partial charge in [0, 0.05) is 5.56 Å². The predicted octanol–water partition coefficient (Wildman–Crippen LogP) is 2.32. The Morgan fingerprint density at radius 2 is 1.71 bits per heavy atom. The Labute approximate surface area is 122 Å². The van der Waals surface area contributed by atoms with Crippen LogP contribution in [0.25, 0.3) is 0 Å². The average Bonchev–Trinajstić information content (AvgIpc) is 2.47. The van der Waals surface area contributed by atoms with Gasteiger partial charge in [-0.3, -0.25) is 4.79 Å². The second kappa shape index (κ2) is 5.57. The lowest BCUT2D eigenvalue weighted by atomic mass is 10.2. The van der Waals surface area contributed by atoms with Crippen LogP contribution in [0.1, 0.15) is 15.9 Å². The zero-order valence-electron chi connectivity index (χ0n) is 11.5. The summed E-state index contributed by atoms with van der Waals surface area (Å²) in [6.07, 6.45) is 0. The van der Waals surface area contributed by atoms with Crippen LogP contribution in [0.3, 0.4) is 0 Å². The quantitative estimate of drug-likeness (QED) is 0.941. The normalized spacial score (nSPS) is 11.1. The summed E-state index contributed by atoms with van der Waals surface area (Å²) in [4.78, 5) is 12.1. The van der Waals surface area contributed by atoms with E-state index in [2.05, 4.69) is 0 Å². The van der Waals surface area contributed by atoms with Crippen LogP contribution in [-0.2, 0) is 9.84 Å². The number of phenols is 1. The number of aromatic hydroxyl groups is 1. The molecule has 0 atom stereocenters. The highest BCUT2D eigenvalue weighted by molar-refractivity contribution is 8.06. The third kappa shape index (κ3) is 2.90. The van der Waals surface area contributed by atoms with Crippen LogP contribution in [0.15, 0.2) is 47.4 Å². The fraction of sp³-hybridized carbons (Fsp3) is 0.133. The Balaban J connectivity index is 2.45. The van der Waals surface area contributed by atoms with Gasteiger partial charge in [-0.2, -0.15) is 0 Å². The van der Waals surface area contributed by atoms with Crippen LogP contribution < -0.4 is 4.74 Å². The van der Waals surface area contributed by atoms with Crippen molar-refractivity contribution in [3.05, 3.63) is 53.6 Å². The minimum atomic E-state index is -4.12. The van der Waals surface area contributed by atoms with Crippen LogP contribution in [0.4, 0.5) is 0 Å². The molecule has 0 spiro atoms. The number of hydrogen-bond acceptors (Lipinski definition) is 5. The second-order valence-electron chi connectivity index (χ2n) is 4.49. The van der Waals surface area contributed by atoms with Crippen LogP contribution in [0.5, 0.6) is 11.5 Å². The number of benzene rings is 2. The summed E-state index contributed by atoms with van der Waals surface area (Å²) in [5.41, 5.74) is 0.831. The van der Waals surface area contributed by atoms with E-state index in [1.54, 1.807) is 12.1 Å². The van der Waals surface area contributed by atoms with Gasteiger partial charge in [-0.1, -0.05) is 17.7 Å². The van der Waals surface area contributed by atoms with Crippen molar-refractivity contribution < 1.29 is 23.1 Å². The maximum Gasteiger partial charge on any atom is 0.281 e. The van der Waals surface area contributed by atoms with E-state index in [4.69, 9.17) is 4.74 Å². The number of aryl methyl sites for hydroxylation is 1. The summed E-state index contributed by atoms with van der Waals surface area (Å²) in [6.45, 7) is 1.82. The van der Waals surface area contributed by atoms with Crippen molar-refractivity contribution in [3.8, 4) is 11.5 Å². The number of methoxy groups -OCH3 is 1. The highest BCUT2D eigenvalue weighted by Gasteiger charge is 2.27. The highest BCUT2D eigenvalue weighted by atomic mass is 32.2. The van der Waals surface area contributed by atoms with Gasteiger partial charge in [0.25, 0.3) is 5.12 Å². The van der Waals surface area contributed by atoms with E-state index < -0.39 is 15.0 Å². The van der Waals surface area contributed by atoms with Gasteiger partial charge in [0.1, 0.15) is 0 Å². The Kier molecular flexibility index (Phi) is 3.99. The molecule has 2 rings (SSSR count). The summed E-state index contributed by atoms with van der Waals surface area (Å²) in [7, 11) is -2.81. The molecule has 2 aromatic rings. The minimum Gasteiger partial charge on any atom is -0.504 e.